The fourth-order valence-corrected chi connectivity index (χ4v) is 5.62. The number of aromatic amines is 1. The van der Waals surface area contributed by atoms with Crippen LogP contribution in [0.4, 0.5) is 14.6 Å². The third-order valence-corrected chi connectivity index (χ3v) is 8.33. The lowest BCUT2D eigenvalue weighted by Gasteiger charge is -2.35. The number of fused-ring (bicyclic) bond motifs is 2. The number of aromatic nitrogens is 5. The van der Waals surface area contributed by atoms with Crippen LogP contribution in [-0.4, -0.2) is 99.4 Å². The predicted molar refractivity (Wildman–Crippen MR) is 159 cm³/mol. The van der Waals surface area contributed by atoms with Crippen molar-refractivity contribution in [1.82, 2.24) is 34.9 Å². The van der Waals surface area contributed by atoms with Gasteiger partial charge in [-0.1, -0.05) is 29.8 Å². The number of pyridine rings is 1. The number of halogens is 4. The molecule has 2 aliphatic rings. The number of piperidine rings is 1. The molecule has 5 heterocycles. The van der Waals surface area contributed by atoms with Crippen molar-refractivity contribution in [2.24, 2.45) is 0 Å². The molecule has 1 amide bonds. The van der Waals surface area contributed by atoms with E-state index in [-0.39, 0.29) is 45.8 Å². The summed E-state index contributed by atoms with van der Waals surface area (Å²) in [5.41, 5.74) is -0.982. The molecule has 15 heteroatoms. The summed E-state index contributed by atoms with van der Waals surface area (Å²) in [5.74, 6) is -0.564. The highest BCUT2D eigenvalue weighted by Gasteiger charge is 2.35. The van der Waals surface area contributed by atoms with Crippen LogP contribution in [0.5, 0.6) is 17.6 Å². The monoisotopic (exact) mass is 632 g/mol. The molecule has 6 rings (SSSR count). The molecule has 11 nitrogen and oxygen atoms in total. The van der Waals surface area contributed by atoms with Crippen LogP contribution < -0.4 is 14.4 Å². The first-order chi connectivity index (χ1) is 20.6. The zero-order chi connectivity index (χ0) is 30.3. The normalized spacial score (nSPS) is 17.4. The van der Waals surface area contributed by atoms with Crippen LogP contribution >= 0.6 is 23.2 Å². The predicted octanol–water partition coefficient (Wildman–Crippen LogP) is 4.79. The molecule has 43 heavy (non-hydrogen) atoms. The lowest BCUT2D eigenvalue weighted by Crippen LogP contribution is -2.48. The Labute approximate surface area is 255 Å². The maximum Gasteiger partial charge on any atom is 0.319 e. The molecule has 2 aliphatic heterocycles. The average molecular weight is 633 g/mol. The number of nitrogens with zero attached hydrogens (tertiary/aromatic N) is 7. The quantitative estimate of drug-likeness (QED) is 0.227. The van der Waals surface area contributed by atoms with Gasteiger partial charge < -0.3 is 24.2 Å². The van der Waals surface area contributed by atoms with Crippen molar-refractivity contribution in [1.29, 1.82) is 0 Å². The third kappa shape index (κ3) is 5.89. The number of carbonyl (C=O) groups is 1. The van der Waals surface area contributed by atoms with E-state index in [0.717, 1.165) is 0 Å². The highest BCUT2D eigenvalue weighted by atomic mass is 35.5. The molecule has 1 N–H and O–H groups in total. The van der Waals surface area contributed by atoms with Gasteiger partial charge in [-0.05, 0) is 32.0 Å². The van der Waals surface area contributed by atoms with E-state index >= 15 is 4.39 Å². The summed E-state index contributed by atoms with van der Waals surface area (Å²) < 4.78 is 42.3. The molecule has 0 atom stereocenters. The molecule has 4 aromatic rings. The van der Waals surface area contributed by atoms with Gasteiger partial charge in [-0.25, -0.2) is 8.78 Å². The molecule has 0 radical (unpaired) electrons. The maximum atomic E-state index is 15.6. The number of amides is 1. The first-order valence-electron chi connectivity index (χ1n) is 13.7. The summed E-state index contributed by atoms with van der Waals surface area (Å²) >= 11 is 12.8. The van der Waals surface area contributed by atoms with Crippen LogP contribution in [0, 0.1) is 5.82 Å². The number of carbonyl (C=O) groups excluding carboxylic acids is 1. The number of H-pyrrole nitrogens is 1. The molecular formula is C28H28Cl2F2N8O3. The number of benzene rings is 1. The SMILES string of the molecule is C=CC(=O)N1CCN(c2nc(OCC3(F)CCN(C)CC3)nc3c(Oc4c(Cl)c(F)cc5[nH]ncc45)nc(Cl)cc23)CC1. The Kier molecular flexibility index (Phi) is 7.96. The standard InChI is InChI=1S/C28H28Cl2F2N8O3/c1-3-21(41)39-8-10-40(11-9-39)25-16-12-20(29)34-26(43-24-17-14-33-37-19(17)13-18(31)22(24)30)23(16)35-27(36-25)42-15-28(32)4-6-38(2)7-5-28/h3,12-14H,1,4-11,15H2,2H3,(H,33,37). The lowest BCUT2D eigenvalue weighted by atomic mass is 9.95. The number of hydrogen-bond acceptors (Lipinski definition) is 9. The summed E-state index contributed by atoms with van der Waals surface area (Å²) in [6, 6.07) is 2.70. The van der Waals surface area contributed by atoms with E-state index in [1.807, 2.05) is 11.9 Å². The minimum atomic E-state index is -1.54. The molecule has 2 saturated heterocycles. The average Bonchev–Trinajstić information content (AvgIpc) is 3.47. The van der Waals surface area contributed by atoms with Gasteiger partial charge in [0.15, 0.2) is 5.75 Å². The molecule has 226 valence electrons. The Balaban J connectivity index is 1.42. The number of likely N-dealkylation sites (tertiary alicyclic amines) is 1. The number of ether oxygens (including phenoxy) is 2. The molecule has 0 spiro atoms. The van der Waals surface area contributed by atoms with E-state index in [2.05, 4.69) is 36.6 Å². The number of alkyl halides is 1. The Morgan fingerprint density at radius 2 is 1.86 bits per heavy atom. The smallest absolute Gasteiger partial charge is 0.319 e. The minimum Gasteiger partial charge on any atom is -0.460 e. The Hall–Kier alpha value is -3.81. The van der Waals surface area contributed by atoms with Crippen molar-refractivity contribution in [3.8, 4) is 17.6 Å². The zero-order valence-corrected chi connectivity index (χ0v) is 24.8. The van der Waals surface area contributed by atoms with Crippen LogP contribution in [0.25, 0.3) is 21.8 Å². The molecule has 0 unspecified atom stereocenters. The van der Waals surface area contributed by atoms with E-state index in [4.69, 9.17) is 32.7 Å². The first-order valence-corrected chi connectivity index (χ1v) is 14.4. The van der Waals surface area contributed by atoms with E-state index < -0.39 is 11.5 Å². The fourth-order valence-electron chi connectivity index (χ4n) is 5.24. The van der Waals surface area contributed by atoms with Crippen molar-refractivity contribution >= 4 is 56.7 Å². The summed E-state index contributed by atoms with van der Waals surface area (Å²) in [4.78, 5) is 31.4. The van der Waals surface area contributed by atoms with Gasteiger partial charge in [0.25, 0.3) is 0 Å². The van der Waals surface area contributed by atoms with Crippen molar-refractivity contribution in [3.05, 3.63) is 47.0 Å². The van der Waals surface area contributed by atoms with Crippen LogP contribution in [0.1, 0.15) is 12.8 Å². The van der Waals surface area contributed by atoms with Gasteiger partial charge in [-0.15, -0.1) is 0 Å². The number of piperazine rings is 1. The molecule has 0 bridgehead atoms. The number of hydrogen-bond donors (Lipinski definition) is 1. The molecule has 2 fully saturated rings. The second-order valence-corrected chi connectivity index (χ2v) is 11.4. The number of nitrogens with one attached hydrogen (secondary N) is 1. The maximum absolute atomic E-state index is 15.6. The minimum absolute atomic E-state index is 0.0327. The van der Waals surface area contributed by atoms with Crippen LogP contribution in [-0.2, 0) is 4.79 Å². The highest BCUT2D eigenvalue weighted by Crippen LogP contribution is 2.41. The van der Waals surface area contributed by atoms with Crippen molar-refractivity contribution < 1.29 is 23.0 Å². The van der Waals surface area contributed by atoms with Gasteiger partial charge >= 0.3 is 6.01 Å². The lowest BCUT2D eigenvalue weighted by molar-refractivity contribution is -0.126. The molecule has 1 aromatic carbocycles. The van der Waals surface area contributed by atoms with Gasteiger partial charge in [0.1, 0.15) is 39.6 Å². The van der Waals surface area contributed by atoms with E-state index in [0.29, 0.717) is 74.2 Å². The van der Waals surface area contributed by atoms with Gasteiger partial charge in [-0.2, -0.15) is 20.1 Å². The Morgan fingerprint density at radius 1 is 1.12 bits per heavy atom. The van der Waals surface area contributed by atoms with E-state index in [1.54, 1.807) is 11.0 Å². The molecule has 3 aromatic heterocycles. The second-order valence-electron chi connectivity index (χ2n) is 10.7. The third-order valence-electron chi connectivity index (χ3n) is 7.78. The van der Waals surface area contributed by atoms with Gasteiger partial charge in [0.2, 0.25) is 11.8 Å². The summed E-state index contributed by atoms with van der Waals surface area (Å²) in [5, 5.41) is 7.32. The van der Waals surface area contributed by atoms with Crippen molar-refractivity contribution in [2.75, 3.05) is 57.8 Å². The van der Waals surface area contributed by atoms with Crippen LogP contribution in [0.2, 0.25) is 10.2 Å². The van der Waals surface area contributed by atoms with Gasteiger partial charge in [0.05, 0.1) is 22.5 Å². The van der Waals surface area contributed by atoms with Gasteiger partial charge in [-0.3, -0.25) is 9.89 Å². The topological polar surface area (TPSA) is 113 Å². The summed E-state index contributed by atoms with van der Waals surface area (Å²) in [6.45, 7) is 6.26. The van der Waals surface area contributed by atoms with Crippen LogP contribution in [0.15, 0.2) is 31.0 Å². The summed E-state index contributed by atoms with van der Waals surface area (Å²) in [7, 11) is 1.95. The van der Waals surface area contributed by atoms with E-state index in [9.17, 15) is 9.18 Å². The number of anilines is 1. The van der Waals surface area contributed by atoms with E-state index in [1.165, 1.54) is 18.3 Å². The van der Waals surface area contributed by atoms with Gasteiger partial charge in [0, 0.05) is 45.3 Å². The summed E-state index contributed by atoms with van der Waals surface area (Å²) in [6.07, 6.45) is 3.35. The fraction of sp³-hybridized carbons (Fsp3) is 0.393. The Bertz CT molecular complexity index is 1700. The Morgan fingerprint density at radius 3 is 2.58 bits per heavy atom. The first kappa shape index (κ1) is 29.3. The molecule has 0 saturated carbocycles. The van der Waals surface area contributed by atoms with Crippen LogP contribution in [0.3, 0.4) is 0 Å². The number of rotatable bonds is 7. The second kappa shape index (κ2) is 11.7. The van der Waals surface area contributed by atoms with Crippen molar-refractivity contribution in [2.45, 2.75) is 18.5 Å². The highest BCUT2D eigenvalue weighted by molar-refractivity contribution is 6.33. The zero-order valence-electron chi connectivity index (χ0n) is 23.2. The largest absolute Gasteiger partial charge is 0.460 e. The molecular weight excluding hydrogens is 605 g/mol. The van der Waals surface area contributed by atoms with Crippen molar-refractivity contribution in [3.63, 3.8) is 0 Å². The molecule has 0 aliphatic carbocycles.